The highest BCUT2D eigenvalue weighted by atomic mass is 19.4. The summed E-state index contributed by atoms with van der Waals surface area (Å²) in [6.07, 6.45) is -5.01. The molecule has 21 heavy (non-hydrogen) atoms. The van der Waals surface area contributed by atoms with Gasteiger partial charge in [0.05, 0.1) is 5.69 Å². The third-order valence-electron chi connectivity index (χ3n) is 2.71. The molecule has 0 aromatic heterocycles. The van der Waals surface area contributed by atoms with Crippen molar-refractivity contribution in [1.82, 2.24) is 0 Å². The van der Waals surface area contributed by atoms with Gasteiger partial charge < -0.3 is 5.32 Å². The highest BCUT2D eigenvalue weighted by Gasteiger charge is 2.39. The quantitative estimate of drug-likeness (QED) is 0.881. The lowest BCUT2D eigenvalue weighted by Gasteiger charge is -2.11. The van der Waals surface area contributed by atoms with E-state index in [0.717, 1.165) is 0 Å². The molecule has 0 bridgehead atoms. The molecule has 0 spiro atoms. The van der Waals surface area contributed by atoms with Crippen molar-refractivity contribution in [2.24, 2.45) is 0 Å². The number of carbonyl (C=O) groups is 2. The number of anilines is 1. The van der Waals surface area contributed by atoms with Crippen LogP contribution < -0.4 is 5.32 Å². The summed E-state index contributed by atoms with van der Waals surface area (Å²) in [7, 11) is 0. The second-order valence-corrected chi connectivity index (χ2v) is 4.19. The van der Waals surface area contributed by atoms with Crippen LogP contribution in [0.3, 0.4) is 0 Å². The topological polar surface area (TPSA) is 46.2 Å². The van der Waals surface area contributed by atoms with Gasteiger partial charge in [-0.05, 0) is 12.1 Å². The van der Waals surface area contributed by atoms with E-state index in [1.54, 1.807) is 35.6 Å². The summed E-state index contributed by atoms with van der Waals surface area (Å²) in [5.74, 6) is -2.58. The van der Waals surface area contributed by atoms with Gasteiger partial charge in [-0.1, -0.05) is 42.5 Å². The van der Waals surface area contributed by atoms with E-state index in [2.05, 4.69) is 0 Å². The van der Waals surface area contributed by atoms with Gasteiger partial charge in [-0.2, -0.15) is 13.2 Å². The Kier molecular flexibility index (Phi) is 4.07. The number of rotatable bonds is 3. The van der Waals surface area contributed by atoms with Crippen molar-refractivity contribution in [3.8, 4) is 0 Å². The Labute approximate surface area is 118 Å². The van der Waals surface area contributed by atoms with Crippen LogP contribution in [0.1, 0.15) is 15.9 Å². The van der Waals surface area contributed by atoms with E-state index in [1.807, 2.05) is 0 Å². The number of nitrogens with one attached hydrogen (secondary N) is 1. The second-order valence-electron chi connectivity index (χ2n) is 4.19. The Morgan fingerprint density at radius 2 is 1.43 bits per heavy atom. The van der Waals surface area contributed by atoms with Crippen LogP contribution in [0, 0.1) is 0 Å². The standard InChI is InChI=1S/C15H10F3NO2/c16-15(17,18)14(21)19-12-9-5-4-8-11(12)13(20)10-6-2-1-3-7-10/h1-9H,(H,19,21). The molecule has 0 unspecified atom stereocenters. The Morgan fingerprint density at radius 1 is 0.857 bits per heavy atom. The fourth-order valence-corrected chi connectivity index (χ4v) is 1.73. The minimum atomic E-state index is -5.01. The first-order chi connectivity index (χ1) is 9.89. The van der Waals surface area contributed by atoms with E-state index in [9.17, 15) is 22.8 Å². The van der Waals surface area contributed by atoms with Gasteiger partial charge in [0.25, 0.3) is 0 Å². The molecular weight excluding hydrogens is 283 g/mol. The van der Waals surface area contributed by atoms with E-state index in [4.69, 9.17) is 0 Å². The van der Waals surface area contributed by atoms with Crippen molar-refractivity contribution in [2.45, 2.75) is 6.18 Å². The van der Waals surface area contributed by atoms with Gasteiger partial charge in [-0.15, -0.1) is 0 Å². The molecule has 2 aromatic rings. The Hall–Kier alpha value is -2.63. The monoisotopic (exact) mass is 293 g/mol. The molecule has 1 N–H and O–H groups in total. The van der Waals surface area contributed by atoms with Gasteiger partial charge in [-0.3, -0.25) is 9.59 Å². The molecule has 0 saturated heterocycles. The van der Waals surface area contributed by atoms with Crippen molar-refractivity contribution in [3.05, 3.63) is 65.7 Å². The zero-order valence-corrected chi connectivity index (χ0v) is 10.6. The summed E-state index contributed by atoms with van der Waals surface area (Å²) in [5, 5.41) is 1.72. The van der Waals surface area contributed by atoms with Gasteiger partial charge in [0.15, 0.2) is 5.78 Å². The third kappa shape index (κ3) is 3.47. The number of halogens is 3. The minimum absolute atomic E-state index is 0.00120. The summed E-state index contributed by atoms with van der Waals surface area (Å²) in [4.78, 5) is 23.3. The smallest absolute Gasteiger partial charge is 0.318 e. The second kappa shape index (κ2) is 5.78. The van der Waals surface area contributed by atoms with Crippen LogP contribution in [0.2, 0.25) is 0 Å². The lowest BCUT2D eigenvalue weighted by Crippen LogP contribution is -2.30. The van der Waals surface area contributed by atoms with Crippen LogP contribution in [0.25, 0.3) is 0 Å². The first-order valence-corrected chi connectivity index (χ1v) is 5.96. The fourth-order valence-electron chi connectivity index (χ4n) is 1.73. The molecule has 108 valence electrons. The Bertz CT molecular complexity index is 666. The zero-order valence-electron chi connectivity index (χ0n) is 10.6. The van der Waals surface area contributed by atoms with E-state index in [0.29, 0.717) is 5.56 Å². The molecule has 3 nitrogen and oxygen atoms in total. The number of hydrogen-bond acceptors (Lipinski definition) is 2. The Balaban J connectivity index is 2.34. The largest absolute Gasteiger partial charge is 0.471 e. The van der Waals surface area contributed by atoms with Crippen molar-refractivity contribution >= 4 is 17.4 Å². The van der Waals surface area contributed by atoms with Crippen molar-refractivity contribution in [2.75, 3.05) is 5.32 Å². The number of alkyl halides is 3. The third-order valence-corrected chi connectivity index (χ3v) is 2.71. The number of hydrogen-bond donors (Lipinski definition) is 1. The normalized spacial score (nSPS) is 11.0. The van der Waals surface area contributed by atoms with Crippen LogP contribution in [0.4, 0.5) is 18.9 Å². The average molecular weight is 293 g/mol. The highest BCUT2D eigenvalue weighted by molar-refractivity contribution is 6.14. The summed E-state index contributed by atoms with van der Waals surface area (Å²) in [6, 6.07) is 13.7. The molecule has 0 aliphatic rings. The first kappa shape index (κ1) is 14.8. The minimum Gasteiger partial charge on any atom is -0.318 e. The molecule has 0 saturated carbocycles. The molecule has 1 amide bonds. The molecule has 2 aromatic carbocycles. The summed E-state index contributed by atoms with van der Waals surface area (Å²) >= 11 is 0. The van der Waals surface area contributed by atoms with E-state index in [1.165, 1.54) is 24.3 Å². The first-order valence-electron chi connectivity index (χ1n) is 5.96. The molecule has 0 fully saturated rings. The van der Waals surface area contributed by atoms with Gasteiger partial charge in [0.1, 0.15) is 0 Å². The molecule has 0 atom stereocenters. The van der Waals surface area contributed by atoms with E-state index < -0.39 is 17.9 Å². The summed E-state index contributed by atoms with van der Waals surface area (Å²) in [6.45, 7) is 0. The SMILES string of the molecule is O=C(c1ccccc1)c1ccccc1NC(=O)C(F)(F)F. The van der Waals surface area contributed by atoms with Crippen molar-refractivity contribution in [3.63, 3.8) is 0 Å². The number of para-hydroxylation sites is 1. The number of ketones is 1. The van der Waals surface area contributed by atoms with Crippen molar-refractivity contribution in [1.29, 1.82) is 0 Å². The van der Waals surface area contributed by atoms with Crippen LogP contribution in [-0.2, 0) is 4.79 Å². The lowest BCUT2D eigenvalue weighted by atomic mass is 10.0. The van der Waals surface area contributed by atoms with Gasteiger partial charge >= 0.3 is 12.1 Å². The molecule has 6 heteroatoms. The van der Waals surface area contributed by atoms with Crippen LogP contribution in [0.5, 0.6) is 0 Å². The van der Waals surface area contributed by atoms with Gasteiger partial charge in [0.2, 0.25) is 0 Å². The average Bonchev–Trinajstić information content (AvgIpc) is 2.47. The van der Waals surface area contributed by atoms with E-state index in [-0.39, 0.29) is 11.3 Å². The molecule has 0 aliphatic heterocycles. The maximum Gasteiger partial charge on any atom is 0.471 e. The molecule has 2 rings (SSSR count). The summed E-state index contributed by atoms with van der Waals surface area (Å²) in [5.41, 5.74) is 0.154. The number of amides is 1. The molecule has 0 radical (unpaired) electrons. The van der Waals surface area contributed by atoms with E-state index >= 15 is 0 Å². The molecule has 0 heterocycles. The highest BCUT2D eigenvalue weighted by Crippen LogP contribution is 2.23. The zero-order chi connectivity index (χ0) is 15.5. The lowest BCUT2D eigenvalue weighted by molar-refractivity contribution is -0.167. The van der Waals surface area contributed by atoms with Gasteiger partial charge in [-0.25, -0.2) is 0 Å². The van der Waals surface area contributed by atoms with Gasteiger partial charge in [0, 0.05) is 11.1 Å². The maximum atomic E-state index is 12.3. The number of carbonyl (C=O) groups excluding carboxylic acids is 2. The maximum absolute atomic E-state index is 12.3. The van der Waals surface area contributed by atoms with Crippen molar-refractivity contribution < 1.29 is 22.8 Å². The van der Waals surface area contributed by atoms with Crippen LogP contribution >= 0.6 is 0 Å². The number of benzene rings is 2. The van der Waals surface area contributed by atoms with Crippen LogP contribution in [-0.4, -0.2) is 17.9 Å². The molecular formula is C15H10F3NO2. The predicted molar refractivity (Wildman–Crippen MR) is 71.0 cm³/mol. The Morgan fingerprint density at radius 3 is 2.05 bits per heavy atom. The summed E-state index contributed by atoms with van der Waals surface area (Å²) < 4.78 is 36.9. The predicted octanol–water partition coefficient (Wildman–Crippen LogP) is 3.42. The fraction of sp³-hybridized carbons (Fsp3) is 0.0667. The van der Waals surface area contributed by atoms with Crippen LogP contribution in [0.15, 0.2) is 54.6 Å². The molecule has 0 aliphatic carbocycles.